The van der Waals surface area contributed by atoms with Crippen molar-refractivity contribution in [2.75, 3.05) is 18.4 Å². The van der Waals surface area contributed by atoms with E-state index in [0.717, 1.165) is 19.5 Å². The molecule has 1 saturated heterocycles. The van der Waals surface area contributed by atoms with Crippen LogP contribution in [0.15, 0.2) is 27.4 Å². The monoisotopic (exact) mass is 261 g/mol. The molecule has 3 rings (SSSR count). The standard InChI is InChI=1S/C13H15N3O3/c17-12(5-8-3-4-14-7-8)15-9-1-2-11-10(6-9)16-13(18)19-11/h1-2,6,8,14H,3-5,7H2,(H,15,17)(H,16,18). The Bertz CT molecular complexity index is 652. The van der Waals surface area contributed by atoms with Crippen molar-refractivity contribution < 1.29 is 9.21 Å². The summed E-state index contributed by atoms with van der Waals surface area (Å²) in [4.78, 5) is 25.5. The van der Waals surface area contributed by atoms with Crippen LogP contribution in [0, 0.1) is 5.92 Å². The first-order chi connectivity index (χ1) is 9.20. The highest BCUT2D eigenvalue weighted by molar-refractivity contribution is 5.92. The van der Waals surface area contributed by atoms with Crippen molar-refractivity contribution in [3.05, 3.63) is 28.7 Å². The van der Waals surface area contributed by atoms with Gasteiger partial charge < -0.3 is 15.1 Å². The smallest absolute Gasteiger partial charge is 0.408 e. The minimum Gasteiger partial charge on any atom is -0.408 e. The minimum atomic E-state index is -0.490. The van der Waals surface area contributed by atoms with Crippen LogP contribution in [0.3, 0.4) is 0 Å². The van der Waals surface area contributed by atoms with Gasteiger partial charge in [-0.25, -0.2) is 4.79 Å². The summed E-state index contributed by atoms with van der Waals surface area (Å²) in [6.07, 6.45) is 1.56. The highest BCUT2D eigenvalue weighted by Crippen LogP contribution is 2.18. The third-order valence-electron chi connectivity index (χ3n) is 3.34. The van der Waals surface area contributed by atoms with Gasteiger partial charge in [-0.3, -0.25) is 9.78 Å². The predicted molar refractivity (Wildman–Crippen MR) is 71.1 cm³/mol. The summed E-state index contributed by atoms with van der Waals surface area (Å²) in [5.74, 6) is -0.0770. The number of hydrogen-bond acceptors (Lipinski definition) is 4. The zero-order valence-electron chi connectivity index (χ0n) is 10.4. The number of fused-ring (bicyclic) bond motifs is 1. The lowest BCUT2D eigenvalue weighted by molar-refractivity contribution is -0.116. The lowest BCUT2D eigenvalue weighted by atomic mass is 10.0. The van der Waals surface area contributed by atoms with E-state index >= 15 is 0 Å². The molecular weight excluding hydrogens is 246 g/mol. The normalized spacial score (nSPS) is 18.8. The van der Waals surface area contributed by atoms with Crippen molar-refractivity contribution in [3.8, 4) is 0 Å². The summed E-state index contributed by atoms with van der Waals surface area (Å²) in [7, 11) is 0. The predicted octanol–water partition coefficient (Wildman–Crippen LogP) is 1.06. The van der Waals surface area contributed by atoms with Crippen molar-refractivity contribution in [3.63, 3.8) is 0 Å². The number of H-pyrrole nitrogens is 1. The van der Waals surface area contributed by atoms with Crippen LogP contribution in [0.1, 0.15) is 12.8 Å². The van der Waals surface area contributed by atoms with E-state index in [2.05, 4.69) is 15.6 Å². The third kappa shape index (κ3) is 2.68. The maximum absolute atomic E-state index is 11.9. The zero-order chi connectivity index (χ0) is 13.2. The number of oxazole rings is 1. The zero-order valence-corrected chi connectivity index (χ0v) is 10.4. The molecule has 0 spiro atoms. The molecule has 1 atom stereocenters. The SMILES string of the molecule is O=C(CC1CCNC1)Nc1ccc2oc(=O)[nH]c2c1. The molecule has 6 nitrogen and oxygen atoms in total. The second-order valence-corrected chi connectivity index (χ2v) is 4.84. The van der Waals surface area contributed by atoms with Crippen LogP contribution in [-0.2, 0) is 4.79 Å². The van der Waals surface area contributed by atoms with Gasteiger partial charge in [0.1, 0.15) is 0 Å². The third-order valence-corrected chi connectivity index (χ3v) is 3.34. The van der Waals surface area contributed by atoms with E-state index in [0.29, 0.717) is 29.1 Å². The fraction of sp³-hybridized carbons (Fsp3) is 0.385. The Labute approximate surface area is 109 Å². The molecule has 3 N–H and O–H groups in total. The number of hydrogen-bond donors (Lipinski definition) is 3. The highest BCUT2D eigenvalue weighted by atomic mass is 16.4. The number of carbonyl (C=O) groups is 1. The molecule has 1 unspecified atom stereocenters. The second-order valence-electron chi connectivity index (χ2n) is 4.84. The van der Waals surface area contributed by atoms with Crippen LogP contribution in [0.4, 0.5) is 5.69 Å². The fourth-order valence-electron chi connectivity index (χ4n) is 2.39. The molecule has 1 aliphatic heterocycles. The van der Waals surface area contributed by atoms with Crippen LogP contribution < -0.4 is 16.4 Å². The molecule has 6 heteroatoms. The van der Waals surface area contributed by atoms with Gasteiger partial charge >= 0.3 is 5.76 Å². The average molecular weight is 261 g/mol. The number of aromatic nitrogens is 1. The first-order valence-electron chi connectivity index (χ1n) is 6.34. The van der Waals surface area contributed by atoms with Gasteiger partial charge in [-0.1, -0.05) is 0 Å². The molecule has 1 aromatic carbocycles. The Morgan fingerprint density at radius 2 is 2.37 bits per heavy atom. The number of nitrogens with one attached hydrogen (secondary N) is 3. The first kappa shape index (κ1) is 12.0. The average Bonchev–Trinajstić information content (AvgIpc) is 2.96. The molecule has 1 aromatic heterocycles. The quantitative estimate of drug-likeness (QED) is 0.771. The Kier molecular flexibility index (Phi) is 3.08. The van der Waals surface area contributed by atoms with Crippen molar-refractivity contribution in [2.45, 2.75) is 12.8 Å². The molecule has 19 heavy (non-hydrogen) atoms. The Morgan fingerprint density at radius 3 is 3.16 bits per heavy atom. The van der Waals surface area contributed by atoms with Gasteiger partial charge in [0.25, 0.3) is 0 Å². The number of carbonyl (C=O) groups excluding carboxylic acids is 1. The molecule has 0 bridgehead atoms. The van der Waals surface area contributed by atoms with E-state index in [-0.39, 0.29) is 5.91 Å². The molecule has 0 radical (unpaired) electrons. The molecule has 2 aromatic rings. The number of aromatic amines is 1. The van der Waals surface area contributed by atoms with Gasteiger partial charge in [0.05, 0.1) is 5.52 Å². The first-order valence-corrected chi connectivity index (χ1v) is 6.34. The van der Waals surface area contributed by atoms with Crippen molar-refractivity contribution in [2.24, 2.45) is 5.92 Å². The maximum atomic E-state index is 11.9. The lowest BCUT2D eigenvalue weighted by Crippen LogP contribution is -2.18. The number of rotatable bonds is 3. The largest absolute Gasteiger partial charge is 0.417 e. The second kappa shape index (κ2) is 4.89. The Hall–Kier alpha value is -2.08. The van der Waals surface area contributed by atoms with Crippen LogP contribution in [0.2, 0.25) is 0 Å². The van der Waals surface area contributed by atoms with Gasteiger partial charge in [0.15, 0.2) is 5.58 Å². The van der Waals surface area contributed by atoms with Gasteiger partial charge in [-0.15, -0.1) is 0 Å². The van der Waals surface area contributed by atoms with Crippen molar-refractivity contribution in [1.29, 1.82) is 0 Å². The summed E-state index contributed by atoms with van der Waals surface area (Å²) in [6.45, 7) is 1.89. The van der Waals surface area contributed by atoms with E-state index in [9.17, 15) is 9.59 Å². The topological polar surface area (TPSA) is 87.1 Å². The minimum absolute atomic E-state index is 0.00103. The summed E-state index contributed by atoms with van der Waals surface area (Å²) in [5.41, 5.74) is 1.74. The summed E-state index contributed by atoms with van der Waals surface area (Å²) >= 11 is 0. The number of benzene rings is 1. The summed E-state index contributed by atoms with van der Waals surface area (Å²) < 4.78 is 4.90. The van der Waals surface area contributed by atoms with Crippen LogP contribution in [0.25, 0.3) is 11.1 Å². The summed E-state index contributed by atoms with van der Waals surface area (Å²) in [5, 5.41) is 6.08. The van der Waals surface area contributed by atoms with Crippen LogP contribution in [-0.4, -0.2) is 24.0 Å². The van der Waals surface area contributed by atoms with Crippen LogP contribution in [0.5, 0.6) is 0 Å². The van der Waals surface area contributed by atoms with Crippen molar-refractivity contribution in [1.82, 2.24) is 10.3 Å². The Morgan fingerprint density at radius 1 is 1.47 bits per heavy atom. The Balaban J connectivity index is 1.69. The lowest BCUT2D eigenvalue weighted by Gasteiger charge is -2.08. The van der Waals surface area contributed by atoms with E-state index in [1.54, 1.807) is 18.2 Å². The molecule has 1 aliphatic rings. The van der Waals surface area contributed by atoms with Gasteiger partial charge in [-0.05, 0) is 43.6 Å². The fourth-order valence-corrected chi connectivity index (χ4v) is 2.39. The molecule has 0 aliphatic carbocycles. The van der Waals surface area contributed by atoms with E-state index in [1.165, 1.54) is 0 Å². The molecule has 1 amide bonds. The van der Waals surface area contributed by atoms with Gasteiger partial charge in [-0.2, -0.15) is 0 Å². The highest BCUT2D eigenvalue weighted by Gasteiger charge is 2.18. The van der Waals surface area contributed by atoms with Gasteiger partial charge in [0.2, 0.25) is 5.91 Å². The maximum Gasteiger partial charge on any atom is 0.417 e. The van der Waals surface area contributed by atoms with Gasteiger partial charge in [0, 0.05) is 12.1 Å². The molecule has 100 valence electrons. The van der Waals surface area contributed by atoms with E-state index in [4.69, 9.17) is 4.42 Å². The van der Waals surface area contributed by atoms with Crippen LogP contribution >= 0.6 is 0 Å². The number of amides is 1. The molecular formula is C13H15N3O3. The number of anilines is 1. The van der Waals surface area contributed by atoms with E-state index in [1.807, 2.05) is 0 Å². The molecule has 0 saturated carbocycles. The molecule has 1 fully saturated rings. The summed E-state index contributed by atoms with van der Waals surface area (Å²) in [6, 6.07) is 5.09. The van der Waals surface area contributed by atoms with Crippen molar-refractivity contribution >= 4 is 22.7 Å². The van der Waals surface area contributed by atoms with E-state index < -0.39 is 5.76 Å². The molecule has 2 heterocycles.